The normalized spacial score (nSPS) is 11.0. The molecule has 0 aliphatic rings. The van der Waals surface area contributed by atoms with E-state index in [-0.39, 0.29) is 5.91 Å². The molecule has 0 aromatic heterocycles. The number of carbonyl (C=O) groups is 1. The van der Waals surface area contributed by atoms with Crippen molar-refractivity contribution >= 4 is 11.6 Å². The largest absolute Gasteiger partial charge is 0.463 e. The number of hydrogen-bond acceptors (Lipinski definition) is 2. The van der Waals surface area contributed by atoms with Crippen LogP contribution >= 0.6 is 0 Å². The maximum atomic E-state index is 12.8. The minimum Gasteiger partial charge on any atom is -0.463 e. The van der Waals surface area contributed by atoms with Crippen molar-refractivity contribution in [2.75, 3.05) is 4.90 Å². The maximum Gasteiger partial charge on any atom is 0.262 e. The summed E-state index contributed by atoms with van der Waals surface area (Å²) in [5, 5.41) is 0. The molecule has 0 atom stereocenters. The van der Waals surface area contributed by atoms with Crippen LogP contribution in [-0.2, 0) is 0 Å². The Bertz CT molecular complexity index is 675. The van der Waals surface area contributed by atoms with Gasteiger partial charge in [-0.3, -0.25) is 9.69 Å². The van der Waals surface area contributed by atoms with Crippen molar-refractivity contribution in [3.05, 3.63) is 84.8 Å². The third-order valence-corrected chi connectivity index (χ3v) is 2.99. The van der Waals surface area contributed by atoms with Crippen LogP contribution in [0.4, 0.5) is 5.69 Å². The van der Waals surface area contributed by atoms with Crippen LogP contribution in [0.3, 0.4) is 0 Å². The second-order valence-electron chi connectivity index (χ2n) is 4.58. The molecule has 2 rings (SSSR count). The number of nitrogens with zero attached hydrogens (tertiary/aromatic N) is 1. The van der Waals surface area contributed by atoms with E-state index in [2.05, 4.69) is 0 Å². The SMILES string of the molecule is C/C=C/Oc1ccccc1N(/C=C/C)C(=O)c1ccccc1. The molecule has 0 fully saturated rings. The van der Waals surface area contributed by atoms with Gasteiger partial charge in [-0.2, -0.15) is 0 Å². The minimum absolute atomic E-state index is 0.102. The van der Waals surface area contributed by atoms with E-state index in [0.717, 1.165) is 0 Å². The third kappa shape index (κ3) is 3.64. The highest BCUT2D eigenvalue weighted by Gasteiger charge is 2.18. The molecule has 22 heavy (non-hydrogen) atoms. The van der Waals surface area contributed by atoms with Crippen molar-refractivity contribution < 1.29 is 9.53 Å². The molecule has 0 saturated carbocycles. The lowest BCUT2D eigenvalue weighted by Crippen LogP contribution is -2.25. The number of hydrogen-bond donors (Lipinski definition) is 0. The smallest absolute Gasteiger partial charge is 0.262 e. The highest BCUT2D eigenvalue weighted by molar-refractivity contribution is 6.08. The van der Waals surface area contributed by atoms with E-state index in [1.807, 2.05) is 62.4 Å². The number of carbonyl (C=O) groups excluding carboxylic acids is 1. The summed E-state index contributed by atoms with van der Waals surface area (Å²) in [6.45, 7) is 3.75. The van der Waals surface area contributed by atoms with Crippen LogP contribution in [0, 0.1) is 0 Å². The van der Waals surface area contributed by atoms with Gasteiger partial charge in [0.1, 0.15) is 0 Å². The Morgan fingerprint density at radius 1 is 0.955 bits per heavy atom. The van der Waals surface area contributed by atoms with Gasteiger partial charge in [0.15, 0.2) is 5.75 Å². The zero-order chi connectivity index (χ0) is 15.8. The fourth-order valence-electron chi connectivity index (χ4n) is 2.02. The lowest BCUT2D eigenvalue weighted by Gasteiger charge is -2.21. The van der Waals surface area contributed by atoms with Crippen molar-refractivity contribution in [2.45, 2.75) is 13.8 Å². The number of allylic oxidation sites excluding steroid dienone is 2. The zero-order valence-electron chi connectivity index (χ0n) is 12.8. The first-order valence-corrected chi connectivity index (χ1v) is 7.16. The highest BCUT2D eigenvalue weighted by Crippen LogP contribution is 2.29. The molecule has 1 amide bonds. The number of anilines is 1. The van der Waals surface area contributed by atoms with Crippen LogP contribution < -0.4 is 9.64 Å². The first kappa shape index (κ1) is 15.6. The fourth-order valence-corrected chi connectivity index (χ4v) is 2.02. The summed E-state index contributed by atoms with van der Waals surface area (Å²) in [5.41, 5.74) is 1.33. The predicted molar refractivity (Wildman–Crippen MR) is 89.9 cm³/mol. The molecule has 2 aromatic rings. The highest BCUT2D eigenvalue weighted by atomic mass is 16.5. The number of rotatable bonds is 5. The number of ether oxygens (including phenoxy) is 1. The van der Waals surface area contributed by atoms with Gasteiger partial charge >= 0.3 is 0 Å². The molecule has 0 saturated heterocycles. The zero-order valence-corrected chi connectivity index (χ0v) is 12.8. The number of amides is 1. The Morgan fingerprint density at radius 3 is 2.32 bits per heavy atom. The van der Waals surface area contributed by atoms with Crippen molar-refractivity contribution in [3.8, 4) is 5.75 Å². The Kier molecular flexibility index (Phi) is 5.55. The van der Waals surface area contributed by atoms with E-state index in [4.69, 9.17) is 4.74 Å². The van der Waals surface area contributed by atoms with Crippen LogP contribution in [-0.4, -0.2) is 5.91 Å². The maximum absolute atomic E-state index is 12.8. The molecule has 3 heteroatoms. The van der Waals surface area contributed by atoms with Gasteiger partial charge in [-0.15, -0.1) is 0 Å². The Balaban J connectivity index is 2.42. The molecule has 0 radical (unpaired) electrons. The van der Waals surface area contributed by atoms with Crippen molar-refractivity contribution in [2.24, 2.45) is 0 Å². The minimum atomic E-state index is -0.102. The summed E-state index contributed by atoms with van der Waals surface area (Å²) >= 11 is 0. The molecule has 2 aromatic carbocycles. The Hall–Kier alpha value is -2.81. The van der Waals surface area contributed by atoms with E-state index in [9.17, 15) is 4.79 Å². The summed E-state index contributed by atoms with van der Waals surface area (Å²) in [6.07, 6.45) is 6.97. The summed E-state index contributed by atoms with van der Waals surface area (Å²) in [5.74, 6) is 0.526. The lowest BCUT2D eigenvalue weighted by atomic mass is 10.2. The van der Waals surface area contributed by atoms with Crippen LogP contribution in [0.15, 0.2) is 79.2 Å². The van der Waals surface area contributed by atoms with Crippen molar-refractivity contribution in [1.82, 2.24) is 0 Å². The molecule has 3 nitrogen and oxygen atoms in total. The second kappa shape index (κ2) is 7.84. The molecule has 0 unspecified atom stereocenters. The second-order valence-corrected chi connectivity index (χ2v) is 4.58. The molecule has 0 aliphatic carbocycles. The first-order chi connectivity index (χ1) is 10.8. The van der Waals surface area contributed by atoms with Crippen molar-refractivity contribution in [3.63, 3.8) is 0 Å². The standard InChI is InChI=1S/C19H19NO2/c1-3-14-20(19(21)16-10-6-5-7-11-16)17-12-8-9-13-18(17)22-15-4-2/h3-15H,1-2H3/b14-3+,15-4+. The molecule has 0 aliphatic heterocycles. The Morgan fingerprint density at radius 2 is 1.64 bits per heavy atom. The van der Waals surface area contributed by atoms with Crippen LogP contribution in [0.1, 0.15) is 24.2 Å². The lowest BCUT2D eigenvalue weighted by molar-refractivity contribution is 0.0997. The summed E-state index contributed by atoms with van der Waals surface area (Å²) < 4.78 is 5.59. The van der Waals surface area contributed by atoms with Gasteiger partial charge in [-0.1, -0.05) is 42.5 Å². The van der Waals surface area contributed by atoms with Crippen LogP contribution in [0.5, 0.6) is 5.75 Å². The molecule has 112 valence electrons. The fraction of sp³-hybridized carbons (Fsp3) is 0.105. The van der Waals surface area contributed by atoms with Crippen LogP contribution in [0.2, 0.25) is 0 Å². The molecule has 0 heterocycles. The molecule has 0 bridgehead atoms. The molecular formula is C19H19NO2. The number of para-hydroxylation sites is 2. The van der Waals surface area contributed by atoms with E-state index >= 15 is 0 Å². The van der Waals surface area contributed by atoms with Gasteiger partial charge < -0.3 is 4.74 Å². The van der Waals surface area contributed by atoms with E-state index in [0.29, 0.717) is 17.0 Å². The summed E-state index contributed by atoms with van der Waals surface area (Å²) in [6, 6.07) is 16.6. The average molecular weight is 293 g/mol. The number of benzene rings is 2. The third-order valence-electron chi connectivity index (χ3n) is 2.99. The van der Waals surface area contributed by atoms with Gasteiger partial charge in [-0.25, -0.2) is 0 Å². The van der Waals surface area contributed by atoms with Crippen LogP contribution in [0.25, 0.3) is 0 Å². The summed E-state index contributed by atoms with van der Waals surface area (Å²) in [7, 11) is 0. The molecular weight excluding hydrogens is 274 g/mol. The van der Waals surface area contributed by atoms with Gasteiger partial charge in [0.05, 0.1) is 11.9 Å². The van der Waals surface area contributed by atoms with Gasteiger partial charge in [-0.05, 0) is 38.1 Å². The topological polar surface area (TPSA) is 29.5 Å². The van der Waals surface area contributed by atoms with Gasteiger partial charge in [0.2, 0.25) is 0 Å². The quantitative estimate of drug-likeness (QED) is 0.742. The molecule has 0 N–H and O–H groups in total. The average Bonchev–Trinajstić information content (AvgIpc) is 2.58. The first-order valence-electron chi connectivity index (χ1n) is 7.16. The predicted octanol–water partition coefficient (Wildman–Crippen LogP) is 4.78. The van der Waals surface area contributed by atoms with E-state index in [1.54, 1.807) is 35.6 Å². The Labute approximate surface area is 131 Å². The monoisotopic (exact) mass is 293 g/mol. The van der Waals surface area contributed by atoms with Gasteiger partial charge in [0, 0.05) is 11.8 Å². The van der Waals surface area contributed by atoms with E-state index < -0.39 is 0 Å². The van der Waals surface area contributed by atoms with Crippen molar-refractivity contribution in [1.29, 1.82) is 0 Å². The summed E-state index contributed by atoms with van der Waals surface area (Å²) in [4.78, 5) is 14.4. The van der Waals surface area contributed by atoms with Gasteiger partial charge in [0.25, 0.3) is 5.91 Å². The molecule has 0 spiro atoms. The van der Waals surface area contributed by atoms with E-state index in [1.165, 1.54) is 0 Å².